The summed E-state index contributed by atoms with van der Waals surface area (Å²) in [7, 11) is 0. The van der Waals surface area contributed by atoms with Crippen molar-refractivity contribution in [3.05, 3.63) is 17.5 Å². The molecule has 0 aliphatic carbocycles. The van der Waals surface area contributed by atoms with Crippen LogP contribution in [0.25, 0.3) is 0 Å². The van der Waals surface area contributed by atoms with E-state index in [0.717, 1.165) is 18.9 Å². The number of aromatic nitrogens is 1. The van der Waals surface area contributed by atoms with Gasteiger partial charge < -0.3 is 14.5 Å². The molecule has 1 aromatic rings. The van der Waals surface area contributed by atoms with Crippen molar-refractivity contribution in [3.8, 4) is 0 Å². The van der Waals surface area contributed by atoms with Crippen molar-refractivity contribution < 1.29 is 19.2 Å². The maximum absolute atomic E-state index is 11.7. The molecule has 2 heterocycles. The van der Waals surface area contributed by atoms with Crippen molar-refractivity contribution in [1.82, 2.24) is 10.1 Å². The lowest BCUT2D eigenvalue weighted by Crippen LogP contribution is -2.27. The van der Waals surface area contributed by atoms with Crippen molar-refractivity contribution in [2.75, 3.05) is 13.1 Å². The summed E-state index contributed by atoms with van der Waals surface area (Å²) >= 11 is 0. The van der Waals surface area contributed by atoms with E-state index in [-0.39, 0.29) is 17.4 Å². The van der Waals surface area contributed by atoms with E-state index in [1.807, 2.05) is 0 Å². The van der Waals surface area contributed by atoms with E-state index in [9.17, 15) is 9.59 Å². The second-order valence-corrected chi connectivity index (χ2v) is 3.38. The third-order valence-electron chi connectivity index (χ3n) is 2.33. The fraction of sp³-hybridized carbons (Fsp3) is 0.444. The van der Waals surface area contributed by atoms with Gasteiger partial charge in [-0.3, -0.25) is 4.79 Å². The highest BCUT2D eigenvalue weighted by Gasteiger charge is 2.24. The van der Waals surface area contributed by atoms with Gasteiger partial charge in [0.25, 0.3) is 5.91 Å². The molecule has 80 valence electrons. The van der Waals surface area contributed by atoms with Gasteiger partial charge in [0.2, 0.25) is 5.76 Å². The van der Waals surface area contributed by atoms with E-state index >= 15 is 0 Å². The number of likely N-dealkylation sites (tertiary alicyclic amines) is 1. The number of nitrogens with zero attached hydrogens (tertiary/aromatic N) is 2. The second-order valence-electron chi connectivity index (χ2n) is 3.38. The average molecular weight is 210 g/mol. The summed E-state index contributed by atoms with van der Waals surface area (Å²) in [6.07, 6.45) is 1.96. The molecule has 15 heavy (non-hydrogen) atoms. The molecule has 1 aliphatic heterocycles. The maximum atomic E-state index is 11.7. The number of amides is 1. The third-order valence-corrected chi connectivity index (χ3v) is 2.33. The Balaban J connectivity index is 2.14. The van der Waals surface area contributed by atoms with Crippen LogP contribution in [-0.4, -0.2) is 40.1 Å². The number of carboxylic acid groups (broad SMARTS) is 1. The molecular weight excluding hydrogens is 200 g/mol. The first-order chi connectivity index (χ1) is 7.18. The van der Waals surface area contributed by atoms with Gasteiger partial charge in [0.1, 0.15) is 0 Å². The lowest BCUT2D eigenvalue weighted by atomic mass is 10.3. The van der Waals surface area contributed by atoms with Crippen molar-refractivity contribution in [3.63, 3.8) is 0 Å². The topological polar surface area (TPSA) is 83.6 Å². The average Bonchev–Trinajstić information content (AvgIpc) is 2.88. The van der Waals surface area contributed by atoms with Gasteiger partial charge in [0.05, 0.1) is 0 Å². The Hall–Kier alpha value is -1.85. The summed E-state index contributed by atoms with van der Waals surface area (Å²) in [6, 6.07) is 1.16. The molecule has 6 heteroatoms. The molecule has 1 aliphatic rings. The highest BCUT2D eigenvalue weighted by Crippen LogP contribution is 2.13. The summed E-state index contributed by atoms with van der Waals surface area (Å²) < 4.78 is 4.68. The van der Waals surface area contributed by atoms with Gasteiger partial charge in [-0.2, -0.15) is 0 Å². The Labute approximate surface area is 85.5 Å². The number of aromatic carboxylic acids is 1. The minimum atomic E-state index is -1.20. The van der Waals surface area contributed by atoms with E-state index < -0.39 is 5.97 Å². The smallest absolute Gasteiger partial charge is 0.358 e. The second kappa shape index (κ2) is 3.72. The molecule has 1 aromatic heterocycles. The lowest BCUT2D eigenvalue weighted by molar-refractivity contribution is 0.0681. The summed E-state index contributed by atoms with van der Waals surface area (Å²) in [5.41, 5.74) is -0.238. The van der Waals surface area contributed by atoms with Crippen molar-refractivity contribution >= 4 is 11.9 Å². The normalized spacial score (nSPS) is 15.6. The van der Waals surface area contributed by atoms with Crippen LogP contribution in [0, 0.1) is 0 Å². The van der Waals surface area contributed by atoms with Crippen LogP contribution in [0.15, 0.2) is 10.6 Å². The number of carboxylic acids is 1. The third kappa shape index (κ3) is 1.83. The van der Waals surface area contributed by atoms with Crippen molar-refractivity contribution in [2.45, 2.75) is 12.8 Å². The fourth-order valence-corrected chi connectivity index (χ4v) is 1.55. The molecule has 0 spiro atoms. The molecule has 1 saturated heterocycles. The van der Waals surface area contributed by atoms with Crippen LogP contribution < -0.4 is 0 Å². The van der Waals surface area contributed by atoms with Gasteiger partial charge in [-0.25, -0.2) is 4.79 Å². The first-order valence-electron chi connectivity index (χ1n) is 4.68. The van der Waals surface area contributed by atoms with Crippen molar-refractivity contribution in [1.29, 1.82) is 0 Å². The Morgan fingerprint density at radius 3 is 2.60 bits per heavy atom. The number of carbonyl (C=O) groups excluding carboxylic acids is 1. The van der Waals surface area contributed by atoms with Gasteiger partial charge in [-0.05, 0) is 12.8 Å². The SMILES string of the molecule is O=C(O)c1cc(C(=O)N2CCCC2)on1. The highest BCUT2D eigenvalue weighted by atomic mass is 16.5. The predicted molar refractivity (Wildman–Crippen MR) is 48.6 cm³/mol. The van der Waals surface area contributed by atoms with Crippen molar-refractivity contribution in [2.24, 2.45) is 0 Å². The minimum absolute atomic E-state index is 0.00528. The van der Waals surface area contributed by atoms with Crippen LogP contribution >= 0.6 is 0 Å². The fourth-order valence-electron chi connectivity index (χ4n) is 1.55. The van der Waals surface area contributed by atoms with E-state index in [1.54, 1.807) is 4.90 Å². The molecule has 0 radical (unpaired) electrons. The zero-order valence-electron chi connectivity index (χ0n) is 7.97. The number of carbonyl (C=O) groups is 2. The molecule has 6 nitrogen and oxygen atoms in total. The molecule has 0 saturated carbocycles. The van der Waals surface area contributed by atoms with E-state index in [1.165, 1.54) is 0 Å². The van der Waals surface area contributed by atoms with Gasteiger partial charge in [-0.1, -0.05) is 5.16 Å². The lowest BCUT2D eigenvalue weighted by Gasteiger charge is -2.11. The number of rotatable bonds is 2. The van der Waals surface area contributed by atoms with Crippen LogP contribution in [0.3, 0.4) is 0 Å². The quantitative estimate of drug-likeness (QED) is 0.773. The summed E-state index contributed by atoms with van der Waals surface area (Å²) in [4.78, 5) is 23.8. The summed E-state index contributed by atoms with van der Waals surface area (Å²) in [5, 5.41) is 11.9. The van der Waals surface area contributed by atoms with Gasteiger partial charge >= 0.3 is 5.97 Å². The first-order valence-corrected chi connectivity index (χ1v) is 4.68. The predicted octanol–water partition coefficient (Wildman–Crippen LogP) is 0.609. The zero-order chi connectivity index (χ0) is 10.8. The Morgan fingerprint density at radius 1 is 1.40 bits per heavy atom. The van der Waals surface area contributed by atoms with Crippen LogP contribution in [0.5, 0.6) is 0 Å². The van der Waals surface area contributed by atoms with Crippen LogP contribution in [-0.2, 0) is 0 Å². The molecule has 0 aromatic carbocycles. The van der Waals surface area contributed by atoms with E-state index in [0.29, 0.717) is 13.1 Å². The molecular formula is C9H10N2O4. The summed E-state index contributed by atoms with van der Waals surface area (Å²) in [5.74, 6) is -1.49. The van der Waals surface area contributed by atoms with Crippen LogP contribution in [0.2, 0.25) is 0 Å². The molecule has 0 atom stereocenters. The van der Waals surface area contributed by atoms with Crippen LogP contribution in [0.4, 0.5) is 0 Å². The Morgan fingerprint density at radius 2 is 2.07 bits per heavy atom. The van der Waals surface area contributed by atoms with Gasteiger partial charge in [0, 0.05) is 19.2 Å². The Kier molecular flexibility index (Phi) is 2.40. The highest BCUT2D eigenvalue weighted by molar-refractivity contribution is 5.94. The van der Waals surface area contributed by atoms with E-state index in [2.05, 4.69) is 9.68 Å². The van der Waals surface area contributed by atoms with Crippen LogP contribution in [0.1, 0.15) is 33.9 Å². The number of hydrogen-bond acceptors (Lipinski definition) is 4. The molecule has 1 amide bonds. The van der Waals surface area contributed by atoms with E-state index in [4.69, 9.17) is 5.11 Å². The maximum Gasteiger partial charge on any atom is 0.358 e. The molecule has 0 unspecified atom stereocenters. The molecule has 0 bridgehead atoms. The molecule has 2 rings (SSSR count). The van der Waals surface area contributed by atoms with Gasteiger partial charge in [-0.15, -0.1) is 0 Å². The molecule has 1 fully saturated rings. The number of hydrogen-bond donors (Lipinski definition) is 1. The summed E-state index contributed by atoms with van der Waals surface area (Å²) in [6.45, 7) is 1.39. The Bertz CT molecular complexity index is 393. The largest absolute Gasteiger partial charge is 0.476 e. The molecule has 1 N–H and O–H groups in total. The zero-order valence-corrected chi connectivity index (χ0v) is 7.97. The minimum Gasteiger partial charge on any atom is -0.476 e. The van der Waals surface area contributed by atoms with Gasteiger partial charge in [0.15, 0.2) is 5.69 Å². The first kappa shape index (κ1) is 9.70. The monoisotopic (exact) mass is 210 g/mol. The standard InChI is InChI=1S/C9H10N2O4/c12-8(11-3-1-2-4-11)7-5-6(9(13)14)10-15-7/h5H,1-4H2,(H,13,14).